The van der Waals surface area contributed by atoms with E-state index in [1.165, 1.54) is 93.5 Å². The third-order valence-electron chi connectivity index (χ3n) is 12.8. The molecule has 1 spiro atoms. The molecule has 0 bridgehead atoms. The van der Waals surface area contributed by atoms with E-state index in [9.17, 15) is 0 Å². The Hall–Kier alpha value is -7.42. The van der Waals surface area contributed by atoms with Crippen LogP contribution in [-0.2, 0) is 12.0 Å². The highest BCUT2D eigenvalue weighted by Crippen LogP contribution is 2.65. The number of fused-ring (bicyclic) bond motifs is 16. The molecule has 2 nitrogen and oxygen atoms in total. The van der Waals surface area contributed by atoms with Gasteiger partial charge in [-0.05, 0) is 136 Å². The molecule has 0 atom stereocenters. The number of hydrogen-bond donors (Lipinski definition) is 1. The van der Waals surface area contributed by atoms with Crippen LogP contribution in [-0.4, -0.2) is 0 Å². The minimum Gasteiger partial charge on any atom is -0.397 e. The Morgan fingerprint density at radius 3 is 1.79 bits per heavy atom. The fourth-order valence-corrected chi connectivity index (χ4v) is 10.4. The van der Waals surface area contributed by atoms with Crippen molar-refractivity contribution in [1.82, 2.24) is 0 Å². The second-order valence-electron chi connectivity index (χ2n) is 15.8. The van der Waals surface area contributed by atoms with Gasteiger partial charge < -0.3 is 10.6 Å². The van der Waals surface area contributed by atoms with Crippen molar-refractivity contribution < 1.29 is 0 Å². The van der Waals surface area contributed by atoms with Crippen LogP contribution in [0.3, 0.4) is 0 Å². The molecule has 0 saturated carbocycles. The Labute approximate surface area is 338 Å². The van der Waals surface area contributed by atoms with E-state index < -0.39 is 5.41 Å². The van der Waals surface area contributed by atoms with Crippen molar-refractivity contribution in [2.45, 2.75) is 12.0 Å². The van der Waals surface area contributed by atoms with E-state index in [1.807, 2.05) is 12.1 Å². The van der Waals surface area contributed by atoms with Crippen LogP contribution in [0.25, 0.3) is 65.7 Å². The molecule has 2 heteroatoms. The van der Waals surface area contributed by atoms with Gasteiger partial charge in [0.15, 0.2) is 0 Å². The Balaban J connectivity index is 1.09. The summed E-state index contributed by atoms with van der Waals surface area (Å²) in [7, 11) is 0. The molecule has 2 aliphatic carbocycles. The second kappa shape index (κ2) is 12.5. The Morgan fingerprint density at radius 1 is 0.414 bits per heavy atom. The molecule has 10 aromatic rings. The van der Waals surface area contributed by atoms with Crippen LogP contribution in [0.5, 0.6) is 0 Å². The number of rotatable bonds is 5. The molecule has 2 N–H and O–H groups in total. The van der Waals surface area contributed by atoms with Gasteiger partial charge in [0, 0.05) is 12.2 Å². The van der Waals surface area contributed by atoms with E-state index in [0.717, 1.165) is 17.1 Å². The number of nitrogen functional groups attached to an aromatic ring is 1. The zero-order chi connectivity index (χ0) is 38.4. The summed E-state index contributed by atoms with van der Waals surface area (Å²) in [5.41, 5.74) is 23.4. The van der Waals surface area contributed by atoms with E-state index in [4.69, 9.17) is 5.73 Å². The van der Waals surface area contributed by atoms with Gasteiger partial charge in [-0.1, -0.05) is 164 Å². The molecule has 0 amide bonds. The monoisotopic (exact) mass is 738 g/mol. The lowest BCUT2D eigenvalue weighted by atomic mass is 9.69. The number of benzene rings is 10. The predicted octanol–water partition coefficient (Wildman–Crippen LogP) is 14.1. The standard InChI is InChI=1S/C56H38N2/c57-52-27-12-13-28-53(52)58(35-36-15-2-1-3-16-36)41-18-14-17-37(32-41)38-29-30-39-33-48-51(34-40(39)31-38)56(49-25-10-8-21-44(49)45-22-9-11-26-50(45)56)55-47-24-7-5-20-43(47)42-19-4-6-23-46(42)54(48)55/h1-34H,35,57H2. The largest absolute Gasteiger partial charge is 0.397 e. The zero-order valence-electron chi connectivity index (χ0n) is 31.9. The first kappa shape index (κ1) is 32.8. The first-order valence-corrected chi connectivity index (χ1v) is 20.2. The van der Waals surface area contributed by atoms with E-state index in [-0.39, 0.29) is 0 Å². The topological polar surface area (TPSA) is 29.3 Å². The molecular formula is C56H38N2. The van der Waals surface area contributed by atoms with Crippen LogP contribution in [0.2, 0.25) is 0 Å². The molecule has 0 aliphatic heterocycles. The number of nitrogens with zero attached hydrogens (tertiary/aromatic N) is 1. The Bertz CT molecular complexity index is 3240. The normalized spacial score (nSPS) is 13.1. The minimum atomic E-state index is -0.473. The lowest BCUT2D eigenvalue weighted by Crippen LogP contribution is -2.26. The molecule has 272 valence electrons. The Morgan fingerprint density at radius 2 is 1.03 bits per heavy atom. The molecule has 0 unspecified atom stereocenters. The molecular weight excluding hydrogens is 701 g/mol. The molecule has 0 aromatic heterocycles. The van der Waals surface area contributed by atoms with Crippen molar-refractivity contribution in [1.29, 1.82) is 0 Å². The SMILES string of the molecule is Nc1ccccc1N(Cc1ccccc1)c1cccc(-c2ccc3cc4c(cc3c2)C2(c3ccccc3-c3ccccc32)c2c-4c3ccccc3c3ccccc23)c1. The van der Waals surface area contributed by atoms with Crippen LogP contribution in [0, 0.1) is 0 Å². The van der Waals surface area contributed by atoms with Gasteiger partial charge in [-0.2, -0.15) is 0 Å². The van der Waals surface area contributed by atoms with Gasteiger partial charge in [-0.15, -0.1) is 0 Å². The number of hydrogen-bond acceptors (Lipinski definition) is 2. The third-order valence-corrected chi connectivity index (χ3v) is 12.8. The fourth-order valence-electron chi connectivity index (χ4n) is 10.4. The van der Waals surface area contributed by atoms with Gasteiger partial charge in [-0.3, -0.25) is 0 Å². The average Bonchev–Trinajstić information content (AvgIpc) is 3.75. The molecule has 0 saturated heterocycles. The van der Waals surface area contributed by atoms with Crippen molar-refractivity contribution in [3.8, 4) is 33.4 Å². The summed E-state index contributed by atoms with van der Waals surface area (Å²) in [6.45, 7) is 0.706. The van der Waals surface area contributed by atoms with E-state index in [1.54, 1.807) is 0 Å². The van der Waals surface area contributed by atoms with Crippen LogP contribution in [0.1, 0.15) is 27.8 Å². The summed E-state index contributed by atoms with van der Waals surface area (Å²) in [5.74, 6) is 0. The zero-order valence-corrected chi connectivity index (χ0v) is 31.9. The average molecular weight is 739 g/mol. The number of nitrogens with two attached hydrogens (primary N) is 1. The van der Waals surface area contributed by atoms with Crippen molar-refractivity contribution in [3.05, 3.63) is 234 Å². The highest BCUT2D eigenvalue weighted by atomic mass is 15.1. The van der Waals surface area contributed by atoms with Crippen LogP contribution >= 0.6 is 0 Å². The van der Waals surface area contributed by atoms with Crippen LogP contribution < -0.4 is 10.6 Å². The van der Waals surface area contributed by atoms with Gasteiger partial charge >= 0.3 is 0 Å². The molecule has 0 heterocycles. The molecule has 0 fully saturated rings. The van der Waals surface area contributed by atoms with Gasteiger partial charge in [-0.25, -0.2) is 0 Å². The second-order valence-corrected chi connectivity index (χ2v) is 15.8. The lowest BCUT2D eigenvalue weighted by molar-refractivity contribution is 0.803. The molecule has 58 heavy (non-hydrogen) atoms. The highest BCUT2D eigenvalue weighted by Gasteiger charge is 2.53. The van der Waals surface area contributed by atoms with Gasteiger partial charge in [0.1, 0.15) is 0 Å². The predicted molar refractivity (Wildman–Crippen MR) is 244 cm³/mol. The molecule has 2 aliphatic rings. The van der Waals surface area contributed by atoms with Crippen molar-refractivity contribution in [2.75, 3.05) is 10.6 Å². The molecule has 10 aromatic carbocycles. The summed E-state index contributed by atoms with van der Waals surface area (Å²) in [4.78, 5) is 2.33. The maximum atomic E-state index is 6.63. The van der Waals surface area contributed by atoms with Crippen molar-refractivity contribution in [2.24, 2.45) is 0 Å². The maximum Gasteiger partial charge on any atom is 0.0731 e. The van der Waals surface area contributed by atoms with Crippen LogP contribution in [0.4, 0.5) is 17.1 Å². The summed E-state index contributed by atoms with van der Waals surface area (Å²) >= 11 is 0. The van der Waals surface area contributed by atoms with Crippen molar-refractivity contribution in [3.63, 3.8) is 0 Å². The minimum absolute atomic E-state index is 0.473. The smallest absolute Gasteiger partial charge is 0.0731 e. The third kappa shape index (κ3) is 4.60. The molecule has 12 rings (SSSR count). The summed E-state index contributed by atoms with van der Waals surface area (Å²) in [5, 5.41) is 7.70. The summed E-state index contributed by atoms with van der Waals surface area (Å²) in [6.07, 6.45) is 0. The Kier molecular flexibility index (Phi) is 7.09. The number of para-hydroxylation sites is 2. The van der Waals surface area contributed by atoms with Gasteiger partial charge in [0.2, 0.25) is 0 Å². The first-order valence-electron chi connectivity index (χ1n) is 20.2. The van der Waals surface area contributed by atoms with E-state index in [2.05, 4.69) is 199 Å². The first-order chi connectivity index (χ1) is 28.7. The fraction of sp³-hybridized carbons (Fsp3) is 0.0357. The van der Waals surface area contributed by atoms with Gasteiger partial charge in [0.05, 0.1) is 16.8 Å². The van der Waals surface area contributed by atoms with Crippen molar-refractivity contribution >= 4 is 49.4 Å². The lowest BCUT2D eigenvalue weighted by Gasteiger charge is -2.32. The summed E-state index contributed by atoms with van der Waals surface area (Å²) < 4.78 is 0. The maximum absolute atomic E-state index is 6.63. The van der Waals surface area contributed by atoms with E-state index in [0.29, 0.717) is 6.54 Å². The molecule has 0 radical (unpaired) electrons. The van der Waals surface area contributed by atoms with Crippen LogP contribution in [0.15, 0.2) is 206 Å². The highest BCUT2D eigenvalue weighted by molar-refractivity contribution is 6.20. The summed E-state index contributed by atoms with van der Waals surface area (Å²) in [6, 6.07) is 76.0. The number of anilines is 3. The van der Waals surface area contributed by atoms with E-state index >= 15 is 0 Å². The quantitative estimate of drug-likeness (QED) is 0.141. The van der Waals surface area contributed by atoms with Gasteiger partial charge in [0.25, 0.3) is 0 Å².